The van der Waals surface area contributed by atoms with Crippen LogP contribution in [0.5, 0.6) is 0 Å². The summed E-state index contributed by atoms with van der Waals surface area (Å²) in [5.74, 6) is -2.39. The summed E-state index contributed by atoms with van der Waals surface area (Å²) < 4.78 is 0. The summed E-state index contributed by atoms with van der Waals surface area (Å²) in [6, 6.07) is 0. The van der Waals surface area contributed by atoms with Gasteiger partial charge in [-0.2, -0.15) is 0 Å². The molecule has 0 aromatic heterocycles. The zero-order valence-corrected chi connectivity index (χ0v) is 10.6. The van der Waals surface area contributed by atoms with Crippen LogP contribution < -0.4 is 5.32 Å². The molecular weight excluding hydrogens is 234 g/mol. The highest BCUT2D eigenvalue weighted by Gasteiger charge is 2.33. The Kier molecular flexibility index (Phi) is 5.85. The van der Waals surface area contributed by atoms with E-state index in [1.165, 1.54) is 0 Å². The lowest BCUT2D eigenvalue weighted by Gasteiger charge is -2.24. The number of carboxylic acid groups (broad SMARTS) is 1. The molecule has 0 spiro atoms. The zero-order valence-electron chi connectivity index (χ0n) is 10.6. The molecule has 0 aliphatic heterocycles. The second-order valence-electron chi connectivity index (χ2n) is 4.68. The van der Waals surface area contributed by atoms with Crippen LogP contribution in [0.25, 0.3) is 0 Å². The van der Waals surface area contributed by atoms with Crippen molar-refractivity contribution in [1.82, 2.24) is 5.32 Å². The maximum Gasteiger partial charge on any atom is 0.307 e. The van der Waals surface area contributed by atoms with Gasteiger partial charge < -0.3 is 15.5 Å². The molecule has 1 aliphatic carbocycles. The van der Waals surface area contributed by atoms with E-state index in [0.717, 1.165) is 6.42 Å². The minimum absolute atomic E-state index is 0.194. The van der Waals surface area contributed by atoms with E-state index < -0.39 is 23.9 Å². The van der Waals surface area contributed by atoms with Crippen molar-refractivity contribution in [2.45, 2.75) is 38.7 Å². The predicted molar refractivity (Wildman–Crippen MR) is 66.9 cm³/mol. The Bertz CT molecular complexity index is 327. The number of aliphatic hydroxyl groups excluding tert-OH is 1. The molecule has 1 rings (SSSR count). The van der Waals surface area contributed by atoms with Gasteiger partial charge in [-0.15, -0.1) is 0 Å². The van der Waals surface area contributed by atoms with Gasteiger partial charge in [-0.1, -0.05) is 25.5 Å². The molecule has 5 nitrogen and oxygen atoms in total. The fourth-order valence-corrected chi connectivity index (χ4v) is 2.16. The van der Waals surface area contributed by atoms with Crippen LogP contribution in [0.2, 0.25) is 0 Å². The third-order valence-electron chi connectivity index (χ3n) is 3.22. The highest BCUT2D eigenvalue weighted by atomic mass is 16.4. The molecule has 0 aromatic rings. The van der Waals surface area contributed by atoms with E-state index in [-0.39, 0.29) is 12.5 Å². The van der Waals surface area contributed by atoms with Gasteiger partial charge in [-0.25, -0.2) is 0 Å². The number of nitrogens with one attached hydrogen (secondary N) is 1. The van der Waals surface area contributed by atoms with Crippen LogP contribution in [0.3, 0.4) is 0 Å². The Morgan fingerprint density at radius 1 is 1.33 bits per heavy atom. The number of carbonyl (C=O) groups is 2. The summed E-state index contributed by atoms with van der Waals surface area (Å²) in [7, 11) is 0. The molecule has 1 aliphatic rings. The first-order valence-corrected chi connectivity index (χ1v) is 6.39. The fraction of sp³-hybridized carbons (Fsp3) is 0.692. The van der Waals surface area contributed by atoms with Crippen LogP contribution in [0, 0.1) is 11.8 Å². The number of rotatable bonds is 6. The third-order valence-corrected chi connectivity index (χ3v) is 3.22. The van der Waals surface area contributed by atoms with Crippen molar-refractivity contribution >= 4 is 11.9 Å². The van der Waals surface area contributed by atoms with Crippen LogP contribution in [0.1, 0.15) is 32.6 Å². The highest BCUT2D eigenvalue weighted by Crippen LogP contribution is 2.25. The van der Waals surface area contributed by atoms with Crippen molar-refractivity contribution in [1.29, 1.82) is 0 Å². The van der Waals surface area contributed by atoms with Gasteiger partial charge in [0.05, 0.1) is 17.9 Å². The van der Waals surface area contributed by atoms with E-state index in [1.807, 2.05) is 13.0 Å². The van der Waals surface area contributed by atoms with E-state index in [0.29, 0.717) is 19.3 Å². The van der Waals surface area contributed by atoms with Crippen molar-refractivity contribution in [3.8, 4) is 0 Å². The second-order valence-corrected chi connectivity index (χ2v) is 4.68. The van der Waals surface area contributed by atoms with E-state index >= 15 is 0 Å². The minimum atomic E-state index is -0.936. The molecular formula is C13H21NO4. The van der Waals surface area contributed by atoms with Crippen molar-refractivity contribution in [2.75, 3.05) is 6.54 Å². The largest absolute Gasteiger partial charge is 0.481 e. The molecule has 1 amide bonds. The van der Waals surface area contributed by atoms with Gasteiger partial charge in [0.25, 0.3) is 0 Å². The number of hydrogen-bond acceptors (Lipinski definition) is 3. The molecule has 0 radical (unpaired) electrons. The number of aliphatic hydroxyl groups is 1. The van der Waals surface area contributed by atoms with Gasteiger partial charge in [0.15, 0.2) is 0 Å². The summed E-state index contributed by atoms with van der Waals surface area (Å²) >= 11 is 0. The first kappa shape index (κ1) is 14.7. The van der Waals surface area contributed by atoms with Gasteiger partial charge in [0.2, 0.25) is 5.91 Å². The first-order chi connectivity index (χ1) is 8.56. The third kappa shape index (κ3) is 4.14. The molecule has 0 saturated carbocycles. The number of aliphatic carboxylic acids is 1. The van der Waals surface area contributed by atoms with Gasteiger partial charge in [-0.3, -0.25) is 9.59 Å². The molecule has 0 aromatic carbocycles. The number of carboxylic acids is 1. The molecule has 3 N–H and O–H groups in total. The number of carbonyl (C=O) groups excluding carboxylic acids is 1. The molecule has 3 atom stereocenters. The van der Waals surface area contributed by atoms with Gasteiger partial charge in [0.1, 0.15) is 0 Å². The Balaban J connectivity index is 2.49. The molecule has 5 heteroatoms. The maximum absolute atomic E-state index is 11.9. The second kappa shape index (κ2) is 7.16. The summed E-state index contributed by atoms with van der Waals surface area (Å²) in [6.45, 7) is 2.15. The van der Waals surface area contributed by atoms with Crippen LogP contribution in [0.15, 0.2) is 12.2 Å². The molecule has 0 bridgehead atoms. The average molecular weight is 255 g/mol. The van der Waals surface area contributed by atoms with Crippen LogP contribution >= 0.6 is 0 Å². The van der Waals surface area contributed by atoms with Crippen molar-refractivity contribution in [3.05, 3.63) is 12.2 Å². The lowest BCUT2D eigenvalue weighted by molar-refractivity contribution is -0.147. The van der Waals surface area contributed by atoms with Gasteiger partial charge in [0, 0.05) is 6.54 Å². The summed E-state index contributed by atoms with van der Waals surface area (Å²) in [5, 5.41) is 21.2. The summed E-state index contributed by atoms with van der Waals surface area (Å²) in [5.41, 5.74) is 0. The van der Waals surface area contributed by atoms with Crippen molar-refractivity contribution in [3.63, 3.8) is 0 Å². The lowest BCUT2D eigenvalue weighted by atomic mass is 9.82. The monoisotopic (exact) mass is 255 g/mol. The van der Waals surface area contributed by atoms with Crippen molar-refractivity contribution in [2.24, 2.45) is 11.8 Å². The average Bonchev–Trinajstić information content (AvgIpc) is 2.36. The Morgan fingerprint density at radius 2 is 1.94 bits per heavy atom. The van der Waals surface area contributed by atoms with E-state index in [9.17, 15) is 14.7 Å². The fourth-order valence-electron chi connectivity index (χ4n) is 2.16. The molecule has 0 fully saturated rings. The molecule has 102 valence electrons. The van der Waals surface area contributed by atoms with Crippen LogP contribution in [-0.4, -0.2) is 34.7 Å². The standard InChI is InChI=1S/C13H21NO4/c1-2-5-9(15)8-14-12(16)10-6-3-4-7-11(10)13(17)18/h3-4,9-11,15H,2,5-8H2,1H3,(H,14,16)(H,17,18)/t9?,10-,11+/m1/s1. The van der Waals surface area contributed by atoms with Gasteiger partial charge >= 0.3 is 5.97 Å². The van der Waals surface area contributed by atoms with Crippen LogP contribution in [0.4, 0.5) is 0 Å². The molecule has 18 heavy (non-hydrogen) atoms. The SMILES string of the molecule is CCCC(O)CNC(=O)[C@@H]1CC=CC[C@@H]1C(=O)O. The van der Waals surface area contributed by atoms with Crippen molar-refractivity contribution < 1.29 is 19.8 Å². The van der Waals surface area contributed by atoms with Gasteiger partial charge in [-0.05, 0) is 19.3 Å². The quantitative estimate of drug-likeness (QED) is 0.616. The molecule has 0 saturated heterocycles. The Labute approximate surface area is 107 Å². The van der Waals surface area contributed by atoms with Crippen LogP contribution in [-0.2, 0) is 9.59 Å². The lowest BCUT2D eigenvalue weighted by Crippen LogP contribution is -2.41. The minimum Gasteiger partial charge on any atom is -0.481 e. The first-order valence-electron chi connectivity index (χ1n) is 6.39. The number of amides is 1. The summed E-state index contributed by atoms with van der Waals surface area (Å²) in [4.78, 5) is 22.9. The molecule has 0 heterocycles. The van der Waals surface area contributed by atoms with E-state index in [4.69, 9.17) is 5.11 Å². The maximum atomic E-state index is 11.9. The number of allylic oxidation sites excluding steroid dienone is 2. The normalized spacial score (nSPS) is 24.6. The summed E-state index contributed by atoms with van der Waals surface area (Å²) in [6.07, 6.45) is 5.41. The number of hydrogen-bond donors (Lipinski definition) is 3. The smallest absolute Gasteiger partial charge is 0.307 e. The van der Waals surface area contributed by atoms with E-state index in [1.54, 1.807) is 6.08 Å². The van der Waals surface area contributed by atoms with E-state index in [2.05, 4.69) is 5.32 Å². The Morgan fingerprint density at radius 3 is 2.50 bits per heavy atom. The molecule has 1 unspecified atom stereocenters. The Hall–Kier alpha value is -1.36. The zero-order chi connectivity index (χ0) is 13.5. The topological polar surface area (TPSA) is 86.6 Å². The highest BCUT2D eigenvalue weighted by molar-refractivity contribution is 5.85. The predicted octanol–water partition coefficient (Wildman–Crippen LogP) is 0.931.